The van der Waals surface area contributed by atoms with Crippen LogP contribution in [0.25, 0.3) is 10.8 Å². The Balaban J connectivity index is 1.87. The van der Waals surface area contributed by atoms with Crippen LogP contribution in [-0.4, -0.2) is 31.8 Å². The van der Waals surface area contributed by atoms with Gasteiger partial charge in [-0.2, -0.15) is 4.31 Å². The highest BCUT2D eigenvalue weighted by atomic mass is 32.2. The summed E-state index contributed by atoms with van der Waals surface area (Å²) in [4.78, 5) is 12.6. The Morgan fingerprint density at radius 3 is 2.33 bits per heavy atom. The first-order valence-electron chi connectivity index (χ1n) is 8.58. The molecule has 3 rings (SSSR count). The zero-order chi connectivity index (χ0) is 19.6. The van der Waals surface area contributed by atoms with Crippen molar-refractivity contribution in [1.29, 1.82) is 0 Å². The Labute approximate surface area is 159 Å². The first kappa shape index (κ1) is 19.1. The zero-order valence-corrected chi connectivity index (χ0v) is 16.2. The molecule has 3 aromatic rings. The second-order valence-electron chi connectivity index (χ2n) is 6.54. The van der Waals surface area contributed by atoms with Gasteiger partial charge in [-0.3, -0.25) is 0 Å². The molecular weight excluding hydrogens is 362 g/mol. The van der Waals surface area contributed by atoms with Crippen LogP contribution in [0.5, 0.6) is 5.75 Å². The summed E-state index contributed by atoms with van der Waals surface area (Å²) in [5.41, 5.74) is 0.182. The first-order valence-corrected chi connectivity index (χ1v) is 10.0. The zero-order valence-electron chi connectivity index (χ0n) is 15.4. The Bertz CT molecular complexity index is 1090. The third-order valence-electron chi connectivity index (χ3n) is 4.41. The SMILES string of the molecule is CC(C)N(C)S(=O)(=O)c1cccc(C(=O)Oc2ccc3ccccc3c2)c1. The highest BCUT2D eigenvalue weighted by Crippen LogP contribution is 2.23. The van der Waals surface area contributed by atoms with Gasteiger partial charge in [0.05, 0.1) is 10.5 Å². The quantitative estimate of drug-likeness (QED) is 0.492. The van der Waals surface area contributed by atoms with E-state index in [1.165, 1.54) is 35.6 Å². The van der Waals surface area contributed by atoms with Crippen molar-refractivity contribution < 1.29 is 17.9 Å². The molecule has 0 heterocycles. The number of hydrogen-bond donors (Lipinski definition) is 0. The number of hydrogen-bond acceptors (Lipinski definition) is 4. The molecule has 0 saturated carbocycles. The monoisotopic (exact) mass is 383 g/mol. The van der Waals surface area contributed by atoms with Crippen molar-refractivity contribution in [3.8, 4) is 5.75 Å². The van der Waals surface area contributed by atoms with E-state index in [0.29, 0.717) is 5.75 Å². The van der Waals surface area contributed by atoms with Gasteiger partial charge in [-0.05, 0) is 55.0 Å². The molecule has 0 N–H and O–H groups in total. The molecule has 0 fully saturated rings. The fourth-order valence-electron chi connectivity index (χ4n) is 2.62. The van der Waals surface area contributed by atoms with Gasteiger partial charge in [0.15, 0.2) is 0 Å². The molecular formula is C21H21NO4S. The summed E-state index contributed by atoms with van der Waals surface area (Å²) in [5.74, 6) is -0.194. The number of benzene rings is 3. The lowest BCUT2D eigenvalue weighted by Crippen LogP contribution is -2.33. The van der Waals surface area contributed by atoms with Crippen LogP contribution in [0.3, 0.4) is 0 Å². The predicted molar refractivity (Wildman–Crippen MR) is 105 cm³/mol. The summed E-state index contributed by atoms with van der Waals surface area (Å²) < 4.78 is 32.0. The molecule has 0 aliphatic rings. The molecule has 3 aromatic carbocycles. The molecule has 0 aromatic heterocycles. The molecule has 0 aliphatic heterocycles. The van der Waals surface area contributed by atoms with Crippen molar-refractivity contribution >= 4 is 26.8 Å². The maximum absolute atomic E-state index is 12.6. The van der Waals surface area contributed by atoms with Crippen molar-refractivity contribution in [1.82, 2.24) is 4.31 Å². The lowest BCUT2D eigenvalue weighted by molar-refractivity contribution is 0.0734. The molecule has 140 valence electrons. The van der Waals surface area contributed by atoms with Gasteiger partial charge in [0.1, 0.15) is 5.75 Å². The second kappa shape index (κ2) is 7.50. The van der Waals surface area contributed by atoms with Gasteiger partial charge in [-0.1, -0.05) is 36.4 Å². The van der Waals surface area contributed by atoms with E-state index >= 15 is 0 Å². The van der Waals surface area contributed by atoms with Crippen LogP contribution in [0.1, 0.15) is 24.2 Å². The van der Waals surface area contributed by atoms with Gasteiger partial charge in [0.25, 0.3) is 0 Å². The lowest BCUT2D eigenvalue weighted by atomic mass is 10.1. The van der Waals surface area contributed by atoms with Crippen molar-refractivity contribution in [2.75, 3.05) is 7.05 Å². The van der Waals surface area contributed by atoms with Crippen LogP contribution >= 0.6 is 0 Å². The average Bonchev–Trinajstić information content (AvgIpc) is 2.67. The van der Waals surface area contributed by atoms with E-state index in [1.54, 1.807) is 26.0 Å². The van der Waals surface area contributed by atoms with Crippen LogP contribution in [0, 0.1) is 0 Å². The molecule has 0 amide bonds. The number of esters is 1. The van der Waals surface area contributed by atoms with Gasteiger partial charge in [0, 0.05) is 13.1 Å². The number of rotatable bonds is 5. The molecule has 0 bridgehead atoms. The summed E-state index contributed by atoms with van der Waals surface area (Å²) in [6, 6.07) is 18.8. The highest BCUT2D eigenvalue weighted by Gasteiger charge is 2.24. The largest absolute Gasteiger partial charge is 0.423 e. The Hall–Kier alpha value is -2.70. The van der Waals surface area contributed by atoms with Gasteiger partial charge < -0.3 is 4.74 Å². The van der Waals surface area contributed by atoms with E-state index < -0.39 is 16.0 Å². The summed E-state index contributed by atoms with van der Waals surface area (Å²) in [7, 11) is -2.16. The smallest absolute Gasteiger partial charge is 0.343 e. The van der Waals surface area contributed by atoms with Crippen LogP contribution in [0.15, 0.2) is 71.6 Å². The van der Waals surface area contributed by atoms with Crippen molar-refractivity contribution in [3.63, 3.8) is 0 Å². The molecule has 0 saturated heterocycles. The fourth-order valence-corrected chi connectivity index (χ4v) is 4.04. The van der Waals surface area contributed by atoms with Gasteiger partial charge >= 0.3 is 5.97 Å². The third-order valence-corrected chi connectivity index (χ3v) is 6.43. The Kier molecular flexibility index (Phi) is 5.30. The van der Waals surface area contributed by atoms with Gasteiger partial charge in [0.2, 0.25) is 10.0 Å². The lowest BCUT2D eigenvalue weighted by Gasteiger charge is -2.21. The normalized spacial score (nSPS) is 11.9. The topological polar surface area (TPSA) is 63.7 Å². The minimum absolute atomic E-state index is 0.0617. The molecule has 0 radical (unpaired) electrons. The molecule has 0 aliphatic carbocycles. The van der Waals surface area contributed by atoms with Crippen LogP contribution < -0.4 is 4.74 Å². The summed E-state index contributed by atoms with van der Waals surface area (Å²) in [6.07, 6.45) is 0. The van der Waals surface area contributed by atoms with E-state index in [4.69, 9.17) is 4.74 Å². The van der Waals surface area contributed by atoms with Crippen molar-refractivity contribution in [3.05, 3.63) is 72.3 Å². The number of fused-ring (bicyclic) bond motifs is 1. The van der Waals surface area contributed by atoms with E-state index in [-0.39, 0.29) is 16.5 Å². The summed E-state index contributed by atoms with van der Waals surface area (Å²) >= 11 is 0. The standard InChI is InChI=1S/C21H21NO4S/c1-15(2)22(3)27(24,25)20-10-6-9-18(14-20)21(23)26-19-12-11-16-7-4-5-8-17(16)13-19/h4-15H,1-3H3. The number of ether oxygens (including phenoxy) is 1. The van der Waals surface area contributed by atoms with E-state index in [2.05, 4.69) is 0 Å². The molecule has 0 atom stereocenters. The predicted octanol–water partition coefficient (Wildman–Crippen LogP) is 4.09. The molecule has 27 heavy (non-hydrogen) atoms. The maximum atomic E-state index is 12.6. The number of nitrogens with zero attached hydrogens (tertiary/aromatic N) is 1. The molecule has 0 unspecified atom stereocenters. The number of carbonyl (C=O) groups excluding carboxylic acids is 1. The van der Waals surface area contributed by atoms with E-state index in [9.17, 15) is 13.2 Å². The van der Waals surface area contributed by atoms with Crippen molar-refractivity contribution in [2.24, 2.45) is 0 Å². The first-order chi connectivity index (χ1) is 12.8. The Morgan fingerprint density at radius 1 is 0.926 bits per heavy atom. The minimum atomic E-state index is -3.67. The number of carbonyl (C=O) groups is 1. The van der Waals surface area contributed by atoms with Crippen molar-refractivity contribution in [2.45, 2.75) is 24.8 Å². The summed E-state index contributed by atoms with van der Waals surface area (Å²) in [5, 5.41) is 2.00. The number of sulfonamides is 1. The maximum Gasteiger partial charge on any atom is 0.343 e. The summed E-state index contributed by atoms with van der Waals surface area (Å²) in [6.45, 7) is 3.57. The van der Waals surface area contributed by atoms with Gasteiger partial charge in [-0.15, -0.1) is 0 Å². The van der Waals surface area contributed by atoms with Gasteiger partial charge in [-0.25, -0.2) is 13.2 Å². The third kappa shape index (κ3) is 4.02. The minimum Gasteiger partial charge on any atom is -0.423 e. The highest BCUT2D eigenvalue weighted by molar-refractivity contribution is 7.89. The Morgan fingerprint density at radius 2 is 1.63 bits per heavy atom. The molecule has 0 spiro atoms. The van der Waals surface area contributed by atoms with Crippen LogP contribution in [-0.2, 0) is 10.0 Å². The van der Waals surface area contributed by atoms with Crippen LogP contribution in [0.2, 0.25) is 0 Å². The molecule has 5 nitrogen and oxygen atoms in total. The fraction of sp³-hybridized carbons (Fsp3) is 0.190. The molecule has 6 heteroatoms. The second-order valence-corrected chi connectivity index (χ2v) is 8.54. The van der Waals surface area contributed by atoms with E-state index in [1.807, 2.05) is 30.3 Å². The average molecular weight is 383 g/mol. The van der Waals surface area contributed by atoms with Crippen LogP contribution in [0.4, 0.5) is 0 Å². The van der Waals surface area contributed by atoms with E-state index in [0.717, 1.165) is 10.8 Å².